The van der Waals surface area contributed by atoms with Crippen molar-refractivity contribution in [1.82, 2.24) is 10.3 Å². The van der Waals surface area contributed by atoms with Crippen molar-refractivity contribution in [3.8, 4) is 0 Å². The van der Waals surface area contributed by atoms with Crippen LogP contribution in [0.25, 0.3) is 0 Å². The Hall–Kier alpha value is -3.13. The van der Waals surface area contributed by atoms with Gasteiger partial charge in [-0.25, -0.2) is 4.98 Å². The van der Waals surface area contributed by atoms with E-state index in [1.807, 2.05) is 30.3 Å². The van der Waals surface area contributed by atoms with Gasteiger partial charge in [-0.15, -0.1) is 0 Å². The van der Waals surface area contributed by atoms with Gasteiger partial charge >= 0.3 is 6.18 Å². The van der Waals surface area contributed by atoms with E-state index in [2.05, 4.69) is 10.3 Å². The monoisotopic (exact) mass is 404 g/mol. The molecule has 5 nitrogen and oxygen atoms in total. The third kappa shape index (κ3) is 5.68. The minimum Gasteiger partial charge on any atom is -0.467 e. The number of ether oxygens (including phenoxy) is 1. The SMILES string of the molecule is Cc1nc(C(F)(F)F)ccc1C(=O)NCc1cccc(COCc2ccco2)c1. The van der Waals surface area contributed by atoms with Crippen molar-refractivity contribution in [2.24, 2.45) is 0 Å². The Labute approximate surface area is 165 Å². The summed E-state index contributed by atoms with van der Waals surface area (Å²) < 4.78 is 48.9. The second kappa shape index (κ2) is 8.91. The molecule has 0 spiro atoms. The zero-order valence-corrected chi connectivity index (χ0v) is 15.6. The van der Waals surface area contributed by atoms with Crippen LogP contribution in [0.2, 0.25) is 0 Å². The molecule has 3 rings (SSSR count). The number of rotatable bonds is 7. The third-order valence-corrected chi connectivity index (χ3v) is 4.16. The smallest absolute Gasteiger partial charge is 0.433 e. The van der Waals surface area contributed by atoms with Crippen LogP contribution in [0.3, 0.4) is 0 Å². The number of aryl methyl sites for hydroxylation is 1. The molecule has 2 aromatic heterocycles. The molecule has 2 heterocycles. The lowest BCUT2D eigenvalue weighted by atomic mass is 10.1. The highest BCUT2D eigenvalue weighted by atomic mass is 19.4. The molecule has 0 saturated carbocycles. The number of hydrogen-bond donors (Lipinski definition) is 1. The van der Waals surface area contributed by atoms with Crippen molar-refractivity contribution in [3.63, 3.8) is 0 Å². The maximum atomic E-state index is 12.7. The zero-order chi connectivity index (χ0) is 20.9. The first kappa shape index (κ1) is 20.6. The van der Waals surface area contributed by atoms with Crippen LogP contribution >= 0.6 is 0 Å². The van der Waals surface area contributed by atoms with Crippen LogP contribution in [0.4, 0.5) is 13.2 Å². The van der Waals surface area contributed by atoms with Crippen LogP contribution in [0.1, 0.15) is 38.6 Å². The van der Waals surface area contributed by atoms with Crippen molar-refractivity contribution >= 4 is 5.91 Å². The van der Waals surface area contributed by atoms with Crippen LogP contribution in [-0.2, 0) is 30.7 Å². The Morgan fingerprint density at radius 2 is 1.90 bits per heavy atom. The van der Waals surface area contributed by atoms with E-state index in [4.69, 9.17) is 9.15 Å². The summed E-state index contributed by atoms with van der Waals surface area (Å²) in [5.74, 6) is 0.247. The predicted molar refractivity (Wildman–Crippen MR) is 98.8 cm³/mol. The fourth-order valence-electron chi connectivity index (χ4n) is 2.73. The Balaban J connectivity index is 1.56. The Morgan fingerprint density at radius 3 is 2.59 bits per heavy atom. The summed E-state index contributed by atoms with van der Waals surface area (Å²) in [6.07, 6.45) is -2.96. The Bertz CT molecular complexity index is 970. The topological polar surface area (TPSA) is 64.4 Å². The van der Waals surface area contributed by atoms with Gasteiger partial charge in [-0.3, -0.25) is 4.79 Å². The van der Waals surface area contributed by atoms with E-state index in [1.54, 1.807) is 12.3 Å². The highest BCUT2D eigenvalue weighted by Crippen LogP contribution is 2.28. The van der Waals surface area contributed by atoms with Gasteiger partial charge in [-0.1, -0.05) is 24.3 Å². The number of furan rings is 1. The summed E-state index contributed by atoms with van der Waals surface area (Å²) in [6, 6.07) is 13.0. The molecular weight excluding hydrogens is 385 g/mol. The number of alkyl halides is 3. The number of nitrogens with one attached hydrogen (secondary N) is 1. The van der Waals surface area contributed by atoms with Gasteiger partial charge < -0.3 is 14.5 Å². The fraction of sp³-hybridized carbons (Fsp3) is 0.238. The first-order valence-electron chi connectivity index (χ1n) is 8.84. The number of carbonyl (C=O) groups is 1. The van der Waals surface area contributed by atoms with Crippen LogP contribution in [0.15, 0.2) is 59.2 Å². The largest absolute Gasteiger partial charge is 0.467 e. The first-order valence-corrected chi connectivity index (χ1v) is 8.84. The van der Waals surface area contributed by atoms with Crippen molar-refractivity contribution in [2.75, 3.05) is 0 Å². The van der Waals surface area contributed by atoms with Gasteiger partial charge in [0.25, 0.3) is 5.91 Å². The second-order valence-corrected chi connectivity index (χ2v) is 6.40. The summed E-state index contributed by atoms with van der Waals surface area (Å²) in [5.41, 5.74) is 0.882. The van der Waals surface area contributed by atoms with E-state index in [0.717, 1.165) is 29.0 Å². The lowest BCUT2D eigenvalue weighted by molar-refractivity contribution is -0.141. The Kier molecular flexibility index (Phi) is 6.33. The zero-order valence-electron chi connectivity index (χ0n) is 15.6. The number of hydrogen-bond acceptors (Lipinski definition) is 4. The van der Waals surface area contributed by atoms with Crippen molar-refractivity contribution in [2.45, 2.75) is 32.9 Å². The molecule has 0 aliphatic rings. The van der Waals surface area contributed by atoms with Crippen LogP contribution in [0.5, 0.6) is 0 Å². The highest BCUT2D eigenvalue weighted by Gasteiger charge is 2.33. The van der Waals surface area contributed by atoms with Gasteiger partial charge in [0.1, 0.15) is 18.1 Å². The maximum Gasteiger partial charge on any atom is 0.433 e. The van der Waals surface area contributed by atoms with Gasteiger partial charge in [0, 0.05) is 6.54 Å². The van der Waals surface area contributed by atoms with Crippen molar-refractivity contribution in [1.29, 1.82) is 0 Å². The molecule has 0 atom stereocenters. The molecule has 0 unspecified atom stereocenters. The predicted octanol–water partition coefficient (Wildman–Crippen LogP) is 4.65. The van der Waals surface area contributed by atoms with Crippen LogP contribution < -0.4 is 5.32 Å². The molecule has 0 aliphatic heterocycles. The van der Waals surface area contributed by atoms with Crippen molar-refractivity contribution < 1.29 is 27.1 Å². The molecule has 1 amide bonds. The summed E-state index contributed by atoms with van der Waals surface area (Å²) in [6.45, 7) is 2.34. The maximum absolute atomic E-state index is 12.7. The summed E-state index contributed by atoms with van der Waals surface area (Å²) in [7, 11) is 0. The number of amides is 1. The summed E-state index contributed by atoms with van der Waals surface area (Å²) in [5, 5.41) is 2.70. The molecule has 152 valence electrons. The molecule has 0 fully saturated rings. The van der Waals surface area contributed by atoms with E-state index in [-0.39, 0.29) is 17.8 Å². The molecule has 3 aromatic rings. The number of benzene rings is 1. The van der Waals surface area contributed by atoms with E-state index < -0.39 is 17.8 Å². The Morgan fingerprint density at radius 1 is 1.10 bits per heavy atom. The number of pyridine rings is 1. The number of halogens is 3. The van der Waals surface area contributed by atoms with E-state index >= 15 is 0 Å². The van der Waals surface area contributed by atoms with Gasteiger partial charge in [0.2, 0.25) is 0 Å². The quantitative estimate of drug-likeness (QED) is 0.623. The lowest BCUT2D eigenvalue weighted by Crippen LogP contribution is -2.24. The molecule has 29 heavy (non-hydrogen) atoms. The molecule has 0 radical (unpaired) electrons. The molecule has 0 aliphatic carbocycles. The molecular formula is C21H19F3N2O3. The molecule has 0 bridgehead atoms. The molecule has 1 N–H and O–H groups in total. The first-order chi connectivity index (χ1) is 13.8. The normalized spacial score (nSPS) is 11.4. The second-order valence-electron chi connectivity index (χ2n) is 6.40. The number of nitrogens with zero attached hydrogens (tertiary/aromatic N) is 1. The summed E-state index contributed by atoms with van der Waals surface area (Å²) >= 11 is 0. The van der Waals surface area contributed by atoms with E-state index in [9.17, 15) is 18.0 Å². The lowest BCUT2D eigenvalue weighted by Gasteiger charge is -2.11. The minimum atomic E-state index is -4.54. The van der Waals surface area contributed by atoms with E-state index in [0.29, 0.717) is 13.2 Å². The third-order valence-electron chi connectivity index (χ3n) is 4.16. The average molecular weight is 404 g/mol. The van der Waals surface area contributed by atoms with Crippen molar-refractivity contribution in [3.05, 3.63) is 88.6 Å². The molecule has 1 aromatic carbocycles. The van der Waals surface area contributed by atoms with Gasteiger partial charge in [-0.05, 0) is 42.3 Å². The highest BCUT2D eigenvalue weighted by molar-refractivity contribution is 5.95. The molecule has 8 heteroatoms. The van der Waals surface area contributed by atoms with E-state index in [1.165, 1.54) is 6.92 Å². The summed E-state index contributed by atoms with van der Waals surface area (Å²) in [4.78, 5) is 15.8. The average Bonchev–Trinajstić information content (AvgIpc) is 3.19. The fourth-order valence-corrected chi connectivity index (χ4v) is 2.73. The minimum absolute atomic E-state index is 0.0254. The standard InChI is InChI=1S/C21H19F3N2O3/c1-14-18(7-8-19(26-14)21(22,23)24)20(27)25-11-15-4-2-5-16(10-15)12-28-13-17-6-3-9-29-17/h2-10H,11-13H2,1H3,(H,25,27). The van der Waals surface area contributed by atoms with Gasteiger partial charge in [-0.2, -0.15) is 13.2 Å². The van der Waals surface area contributed by atoms with Crippen LogP contribution in [-0.4, -0.2) is 10.9 Å². The molecule has 0 saturated heterocycles. The number of aromatic nitrogens is 1. The van der Waals surface area contributed by atoms with Gasteiger partial charge in [0.15, 0.2) is 0 Å². The van der Waals surface area contributed by atoms with Crippen LogP contribution in [0, 0.1) is 6.92 Å². The van der Waals surface area contributed by atoms with Gasteiger partial charge in [0.05, 0.1) is 24.1 Å². The number of carbonyl (C=O) groups excluding carboxylic acids is 1.